The normalized spacial score (nSPS) is 32.8. The Morgan fingerprint density at radius 2 is 2.08 bits per heavy atom. The molecule has 2 heteroatoms. The van der Waals surface area contributed by atoms with E-state index in [4.69, 9.17) is 5.73 Å². The molecule has 0 amide bonds. The van der Waals surface area contributed by atoms with E-state index in [-0.39, 0.29) is 0 Å². The van der Waals surface area contributed by atoms with Crippen molar-refractivity contribution in [2.45, 2.75) is 45.7 Å². The van der Waals surface area contributed by atoms with Crippen molar-refractivity contribution in [3.05, 3.63) is 0 Å². The van der Waals surface area contributed by atoms with Crippen LogP contribution in [-0.4, -0.2) is 30.1 Å². The molecular formula is C10H22N2. The van der Waals surface area contributed by atoms with Crippen LogP contribution in [0, 0.1) is 5.92 Å². The van der Waals surface area contributed by atoms with Crippen LogP contribution in [0.3, 0.4) is 0 Å². The third kappa shape index (κ3) is 2.20. The van der Waals surface area contributed by atoms with Crippen molar-refractivity contribution in [2.24, 2.45) is 11.7 Å². The topological polar surface area (TPSA) is 29.3 Å². The molecule has 0 aromatic rings. The fourth-order valence-electron chi connectivity index (χ4n) is 2.12. The predicted molar refractivity (Wildman–Crippen MR) is 53.1 cm³/mol. The Morgan fingerprint density at radius 1 is 1.42 bits per heavy atom. The number of rotatable bonds is 2. The van der Waals surface area contributed by atoms with Gasteiger partial charge in [-0.05, 0) is 46.1 Å². The van der Waals surface area contributed by atoms with Crippen molar-refractivity contribution >= 4 is 0 Å². The van der Waals surface area contributed by atoms with Crippen molar-refractivity contribution in [2.75, 3.05) is 13.1 Å². The SMILES string of the molecule is CC(C)N1CC(CN)CCC1C. The molecule has 0 aromatic heterocycles. The van der Waals surface area contributed by atoms with Crippen molar-refractivity contribution in [3.63, 3.8) is 0 Å². The maximum Gasteiger partial charge on any atom is 0.00698 e. The molecule has 1 aliphatic rings. The Hall–Kier alpha value is -0.0800. The second-order valence-electron chi connectivity index (χ2n) is 4.32. The summed E-state index contributed by atoms with van der Waals surface area (Å²) in [6, 6.07) is 1.43. The van der Waals surface area contributed by atoms with E-state index in [1.807, 2.05) is 0 Å². The van der Waals surface area contributed by atoms with Crippen LogP contribution in [0.1, 0.15) is 33.6 Å². The van der Waals surface area contributed by atoms with Gasteiger partial charge < -0.3 is 5.73 Å². The fraction of sp³-hybridized carbons (Fsp3) is 1.00. The summed E-state index contributed by atoms with van der Waals surface area (Å²) in [4.78, 5) is 2.57. The van der Waals surface area contributed by atoms with Gasteiger partial charge in [-0.15, -0.1) is 0 Å². The van der Waals surface area contributed by atoms with Crippen molar-refractivity contribution in [3.8, 4) is 0 Å². The summed E-state index contributed by atoms with van der Waals surface area (Å²) in [5, 5.41) is 0. The molecular weight excluding hydrogens is 148 g/mol. The molecule has 0 saturated carbocycles. The summed E-state index contributed by atoms with van der Waals surface area (Å²) >= 11 is 0. The van der Waals surface area contributed by atoms with E-state index < -0.39 is 0 Å². The summed E-state index contributed by atoms with van der Waals surface area (Å²) < 4.78 is 0. The van der Waals surface area contributed by atoms with Gasteiger partial charge in [0.15, 0.2) is 0 Å². The number of nitrogens with two attached hydrogens (primary N) is 1. The first-order valence-corrected chi connectivity index (χ1v) is 5.11. The molecule has 2 atom stereocenters. The quantitative estimate of drug-likeness (QED) is 0.679. The average Bonchev–Trinajstić information content (AvgIpc) is 2.05. The smallest absolute Gasteiger partial charge is 0.00698 e. The van der Waals surface area contributed by atoms with Crippen LogP contribution in [0.15, 0.2) is 0 Å². The monoisotopic (exact) mass is 170 g/mol. The molecule has 1 rings (SSSR count). The molecule has 2 N–H and O–H groups in total. The van der Waals surface area contributed by atoms with Gasteiger partial charge in [0, 0.05) is 18.6 Å². The van der Waals surface area contributed by atoms with Gasteiger partial charge in [0.25, 0.3) is 0 Å². The summed E-state index contributed by atoms with van der Waals surface area (Å²) in [7, 11) is 0. The minimum absolute atomic E-state index is 0.675. The lowest BCUT2D eigenvalue weighted by molar-refractivity contribution is 0.0891. The Balaban J connectivity index is 2.47. The third-order valence-electron chi connectivity index (χ3n) is 3.02. The molecule has 0 radical (unpaired) electrons. The van der Waals surface area contributed by atoms with Crippen LogP contribution in [0.25, 0.3) is 0 Å². The van der Waals surface area contributed by atoms with Crippen molar-refractivity contribution < 1.29 is 0 Å². The highest BCUT2D eigenvalue weighted by atomic mass is 15.2. The van der Waals surface area contributed by atoms with Gasteiger partial charge in [-0.1, -0.05) is 0 Å². The molecule has 0 spiro atoms. The average molecular weight is 170 g/mol. The fourth-order valence-corrected chi connectivity index (χ4v) is 2.12. The molecule has 1 fully saturated rings. The lowest BCUT2D eigenvalue weighted by Gasteiger charge is -2.40. The Bertz CT molecular complexity index is 134. The molecule has 0 aromatic carbocycles. The summed E-state index contributed by atoms with van der Waals surface area (Å²) in [5.74, 6) is 0.739. The summed E-state index contributed by atoms with van der Waals surface area (Å²) in [6.07, 6.45) is 2.64. The van der Waals surface area contributed by atoms with E-state index in [1.165, 1.54) is 19.4 Å². The zero-order valence-corrected chi connectivity index (χ0v) is 8.59. The first-order chi connectivity index (χ1) is 5.65. The third-order valence-corrected chi connectivity index (χ3v) is 3.02. The van der Waals surface area contributed by atoms with Gasteiger partial charge in [-0.3, -0.25) is 4.90 Å². The number of piperidine rings is 1. The molecule has 2 unspecified atom stereocenters. The van der Waals surface area contributed by atoms with Gasteiger partial charge in [-0.2, -0.15) is 0 Å². The number of hydrogen-bond acceptors (Lipinski definition) is 2. The van der Waals surface area contributed by atoms with Crippen LogP contribution in [0.5, 0.6) is 0 Å². The van der Waals surface area contributed by atoms with E-state index in [0.29, 0.717) is 6.04 Å². The largest absolute Gasteiger partial charge is 0.330 e. The molecule has 12 heavy (non-hydrogen) atoms. The Kier molecular flexibility index (Phi) is 3.53. The molecule has 1 saturated heterocycles. The molecule has 0 bridgehead atoms. The maximum atomic E-state index is 5.68. The minimum atomic E-state index is 0.675. The highest BCUT2D eigenvalue weighted by Gasteiger charge is 2.25. The molecule has 1 aliphatic heterocycles. The lowest BCUT2D eigenvalue weighted by atomic mass is 9.92. The van der Waals surface area contributed by atoms with Crippen LogP contribution in [0.2, 0.25) is 0 Å². The van der Waals surface area contributed by atoms with Gasteiger partial charge in [-0.25, -0.2) is 0 Å². The first-order valence-electron chi connectivity index (χ1n) is 5.11. The van der Waals surface area contributed by atoms with E-state index in [9.17, 15) is 0 Å². The van der Waals surface area contributed by atoms with E-state index in [2.05, 4.69) is 25.7 Å². The zero-order valence-electron chi connectivity index (χ0n) is 8.59. The number of nitrogens with zero attached hydrogens (tertiary/aromatic N) is 1. The van der Waals surface area contributed by atoms with Gasteiger partial charge in [0.05, 0.1) is 0 Å². The zero-order chi connectivity index (χ0) is 9.14. The van der Waals surface area contributed by atoms with Crippen molar-refractivity contribution in [1.29, 1.82) is 0 Å². The Morgan fingerprint density at radius 3 is 2.58 bits per heavy atom. The van der Waals surface area contributed by atoms with Gasteiger partial charge in [0.1, 0.15) is 0 Å². The van der Waals surface area contributed by atoms with Gasteiger partial charge >= 0.3 is 0 Å². The number of hydrogen-bond donors (Lipinski definition) is 1. The molecule has 1 heterocycles. The number of likely N-dealkylation sites (tertiary alicyclic amines) is 1. The standard InChI is InChI=1S/C10H22N2/c1-8(2)12-7-10(6-11)5-4-9(12)3/h8-10H,4-7,11H2,1-3H3. The van der Waals surface area contributed by atoms with Crippen LogP contribution >= 0.6 is 0 Å². The lowest BCUT2D eigenvalue weighted by Crippen LogP contribution is -2.47. The highest BCUT2D eigenvalue weighted by molar-refractivity contribution is 4.81. The second-order valence-corrected chi connectivity index (χ2v) is 4.32. The van der Waals surface area contributed by atoms with E-state index in [0.717, 1.165) is 18.5 Å². The van der Waals surface area contributed by atoms with Gasteiger partial charge in [0.2, 0.25) is 0 Å². The van der Waals surface area contributed by atoms with E-state index >= 15 is 0 Å². The van der Waals surface area contributed by atoms with Crippen molar-refractivity contribution in [1.82, 2.24) is 4.90 Å². The van der Waals surface area contributed by atoms with Crippen LogP contribution < -0.4 is 5.73 Å². The highest BCUT2D eigenvalue weighted by Crippen LogP contribution is 2.22. The molecule has 0 aliphatic carbocycles. The summed E-state index contributed by atoms with van der Waals surface area (Å²) in [5.41, 5.74) is 5.68. The first kappa shape index (κ1) is 10.0. The minimum Gasteiger partial charge on any atom is -0.330 e. The maximum absolute atomic E-state index is 5.68. The summed E-state index contributed by atoms with van der Waals surface area (Å²) in [6.45, 7) is 8.93. The van der Waals surface area contributed by atoms with E-state index in [1.54, 1.807) is 0 Å². The second kappa shape index (κ2) is 4.24. The molecule has 2 nitrogen and oxygen atoms in total. The van der Waals surface area contributed by atoms with Crippen LogP contribution in [-0.2, 0) is 0 Å². The van der Waals surface area contributed by atoms with Crippen LogP contribution in [0.4, 0.5) is 0 Å². The molecule has 72 valence electrons. The predicted octanol–water partition coefficient (Wildman–Crippen LogP) is 1.45. The Labute approximate surface area is 76.1 Å².